The molecular formula is C16H24O10. The van der Waals surface area contributed by atoms with Crippen molar-refractivity contribution in [2.24, 2.45) is 0 Å². The van der Waals surface area contributed by atoms with Gasteiger partial charge in [0, 0.05) is 41.0 Å². The lowest BCUT2D eigenvalue weighted by atomic mass is 10.0. The van der Waals surface area contributed by atoms with Crippen LogP contribution in [0.3, 0.4) is 0 Å². The maximum atomic E-state index is 11.5. The molecule has 0 radical (unpaired) electrons. The number of ether oxygens (including phenoxy) is 5. The van der Waals surface area contributed by atoms with Crippen LogP contribution >= 0.6 is 0 Å². The molecule has 0 fully saturated rings. The first kappa shape index (κ1) is 23.4. The van der Waals surface area contributed by atoms with Gasteiger partial charge >= 0.3 is 29.8 Å². The average molecular weight is 376 g/mol. The largest absolute Gasteiger partial charge is 0.466 e. The maximum Gasteiger partial charge on any atom is 0.303 e. The molecule has 3 atom stereocenters. The van der Waals surface area contributed by atoms with E-state index in [0.29, 0.717) is 0 Å². The third-order valence-corrected chi connectivity index (χ3v) is 2.83. The highest BCUT2D eigenvalue weighted by molar-refractivity contribution is 5.69. The van der Waals surface area contributed by atoms with Gasteiger partial charge in [0.25, 0.3) is 0 Å². The lowest BCUT2D eigenvalue weighted by Gasteiger charge is -2.31. The molecule has 0 aliphatic rings. The molecule has 0 heterocycles. The van der Waals surface area contributed by atoms with Crippen LogP contribution < -0.4 is 0 Å². The molecular weight excluding hydrogens is 352 g/mol. The summed E-state index contributed by atoms with van der Waals surface area (Å²) in [6, 6.07) is 0. The molecule has 0 rings (SSSR count). The van der Waals surface area contributed by atoms with Gasteiger partial charge in [0.15, 0.2) is 12.2 Å². The summed E-state index contributed by atoms with van der Waals surface area (Å²) in [6.07, 6.45) is -3.62. The SMILES string of the molecule is CC(=O)OCC[C@@H](OC(C)=O)[C@H](OC(C)=O)[C@@H](COC(C)=O)OC(C)=O. The van der Waals surface area contributed by atoms with Gasteiger partial charge in [-0.2, -0.15) is 0 Å². The van der Waals surface area contributed by atoms with Crippen molar-refractivity contribution < 1.29 is 47.7 Å². The van der Waals surface area contributed by atoms with Crippen LogP contribution in [0.1, 0.15) is 41.0 Å². The van der Waals surface area contributed by atoms with E-state index in [4.69, 9.17) is 23.7 Å². The fourth-order valence-electron chi connectivity index (χ4n) is 2.01. The van der Waals surface area contributed by atoms with E-state index in [1.54, 1.807) is 0 Å². The van der Waals surface area contributed by atoms with Gasteiger partial charge in [0.1, 0.15) is 12.7 Å². The summed E-state index contributed by atoms with van der Waals surface area (Å²) in [5.41, 5.74) is 0. The molecule has 0 N–H and O–H groups in total. The highest BCUT2D eigenvalue weighted by atomic mass is 16.6. The highest BCUT2D eigenvalue weighted by Crippen LogP contribution is 2.18. The molecule has 0 aliphatic heterocycles. The summed E-state index contributed by atoms with van der Waals surface area (Å²) in [5.74, 6) is -3.34. The van der Waals surface area contributed by atoms with Crippen molar-refractivity contribution in [1.82, 2.24) is 0 Å². The smallest absolute Gasteiger partial charge is 0.303 e. The van der Waals surface area contributed by atoms with E-state index in [1.165, 1.54) is 6.92 Å². The minimum Gasteiger partial charge on any atom is -0.466 e. The molecule has 10 nitrogen and oxygen atoms in total. The third-order valence-electron chi connectivity index (χ3n) is 2.83. The zero-order chi connectivity index (χ0) is 20.3. The summed E-state index contributed by atoms with van der Waals surface area (Å²) < 4.78 is 25.0. The average Bonchev–Trinajstić information content (AvgIpc) is 2.46. The molecule has 0 aliphatic carbocycles. The van der Waals surface area contributed by atoms with Crippen molar-refractivity contribution >= 4 is 29.8 Å². The highest BCUT2D eigenvalue weighted by Gasteiger charge is 2.37. The quantitative estimate of drug-likeness (QED) is 0.387. The Labute approximate surface area is 151 Å². The van der Waals surface area contributed by atoms with Crippen molar-refractivity contribution in [2.45, 2.75) is 59.4 Å². The van der Waals surface area contributed by atoms with Crippen LogP contribution in [0.4, 0.5) is 0 Å². The van der Waals surface area contributed by atoms with Crippen LogP contribution in [0.5, 0.6) is 0 Å². The normalized spacial score (nSPS) is 13.6. The molecule has 0 aromatic carbocycles. The summed E-state index contributed by atoms with van der Waals surface area (Å²) in [6.45, 7) is 5.16. The van der Waals surface area contributed by atoms with Crippen molar-refractivity contribution in [3.63, 3.8) is 0 Å². The Bertz CT molecular complexity index is 527. The van der Waals surface area contributed by atoms with Crippen LogP contribution in [0, 0.1) is 0 Å². The molecule has 148 valence electrons. The van der Waals surface area contributed by atoms with Crippen LogP contribution in [-0.2, 0) is 47.7 Å². The second-order valence-corrected chi connectivity index (χ2v) is 5.30. The number of hydrogen-bond acceptors (Lipinski definition) is 10. The first-order valence-corrected chi connectivity index (χ1v) is 7.81. The topological polar surface area (TPSA) is 132 Å². The molecule has 0 amide bonds. The van der Waals surface area contributed by atoms with Gasteiger partial charge in [0.05, 0.1) is 6.61 Å². The van der Waals surface area contributed by atoms with E-state index >= 15 is 0 Å². The zero-order valence-corrected chi connectivity index (χ0v) is 15.4. The Balaban J connectivity index is 5.51. The van der Waals surface area contributed by atoms with Crippen molar-refractivity contribution in [3.05, 3.63) is 0 Å². The summed E-state index contributed by atoms with van der Waals surface area (Å²) >= 11 is 0. The predicted molar refractivity (Wildman–Crippen MR) is 84.5 cm³/mol. The van der Waals surface area contributed by atoms with Crippen LogP contribution in [0.25, 0.3) is 0 Å². The molecule has 26 heavy (non-hydrogen) atoms. The summed E-state index contributed by atoms with van der Waals surface area (Å²) in [4.78, 5) is 56.2. The van der Waals surface area contributed by atoms with Crippen LogP contribution in [0.2, 0.25) is 0 Å². The van der Waals surface area contributed by atoms with Crippen molar-refractivity contribution in [2.75, 3.05) is 13.2 Å². The van der Waals surface area contributed by atoms with E-state index in [9.17, 15) is 24.0 Å². The minimum atomic E-state index is -1.27. The van der Waals surface area contributed by atoms with E-state index in [-0.39, 0.29) is 13.0 Å². The second kappa shape index (κ2) is 11.8. The summed E-state index contributed by atoms with van der Waals surface area (Å²) in [5, 5.41) is 0. The first-order chi connectivity index (χ1) is 12.0. The van der Waals surface area contributed by atoms with Crippen LogP contribution in [-0.4, -0.2) is 61.4 Å². The number of carbonyl (C=O) groups excluding carboxylic acids is 5. The Morgan fingerprint density at radius 2 is 1.08 bits per heavy atom. The Hall–Kier alpha value is -2.65. The fourth-order valence-corrected chi connectivity index (χ4v) is 2.01. The number of hydrogen-bond donors (Lipinski definition) is 0. The molecule has 0 bridgehead atoms. The lowest BCUT2D eigenvalue weighted by molar-refractivity contribution is -0.190. The Kier molecular flexibility index (Phi) is 10.6. The third kappa shape index (κ3) is 11.0. The first-order valence-electron chi connectivity index (χ1n) is 7.81. The van der Waals surface area contributed by atoms with Gasteiger partial charge in [0.2, 0.25) is 0 Å². The number of carbonyl (C=O) groups is 5. The van der Waals surface area contributed by atoms with E-state index in [1.807, 2.05) is 0 Å². The minimum absolute atomic E-state index is 0.0328. The zero-order valence-electron chi connectivity index (χ0n) is 15.4. The molecule has 0 aromatic heterocycles. The summed E-state index contributed by atoms with van der Waals surface area (Å²) in [7, 11) is 0. The maximum absolute atomic E-state index is 11.5. The van der Waals surface area contributed by atoms with E-state index < -0.39 is 54.8 Å². The van der Waals surface area contributed by atoms with Gasteiger partial charge in [-0.3, -0.25) is 24.0 Å². The fraction of sp³-hybridized carbons (Fsp3) is 0.688. The molecule has 0 saturated heterocycles. The molecule has 10 heteroatoms. The Morgan fingerprint density at radius 1 is 0.615 bits per heavy atom. The molecule has 0 unspecified atom stereocenters. The Morgan fingerprint density at radius 3 is 1.50 bits per heavy atom. The van der Waals surface area contributed by atoms with E-state index in [2.05, 4.69) is 0 Å². The van der Waals surface area contributed by atoms with Gasteiger partial charge in [-0.25, -0.2) is 0 Å². The molecule has 0 aromatic rings. The van der Waals surface area contributed by atoms with E-state index in [0.717, 1.165) is 27.7 Å². The standard InChI is InChI=1S/C16H24O10/c1-9(17)22-7-6-14(24-11(3)19)16(26-13(5)21)15(25-12(4)20)8-23-10(2)18/h14-16H,6-8H2,1-5H3/t14-,15-,16+/m1/s1. The molecule has 0 spiro atoms. The lowest BCUT2D eigenvalue weighted by Crippen LogP contribution is -2.47. The van der Waals surface area contributed by atoms with Crippen LogP contribution in [0.15, 0.2) is 0 Å². The van der Waals surface area contributed by atoms with Crippen molar-refractivity contribution in [3.8, 4) is 0 Å². The van der Waals surface area contributed by atoms with Gasteiger partial charge in [-0.05, 0) is 0 Å². The van der Waals surface area contributed by atoms with Gasteiger partial charge in [-0.1, -0.05) is 0 Å². The number of rotatable bonds is 10. The van der Waals surface area contributed by atoms with Gasteiger partial charge in [-0.15, -0.1) is 0 Å². The van der Waals surface area contributed by atoms with Crippen molar-refractivity contribution in [1.29, 1.82) is 0 Å². The second-order valence-electron chi connectivity index (χ2n) is 5.30. The number of esters is 5. The predicted octanol–water partition coefficient (Wildman–Crippen LogP) is 0.298. The van der Waals surface area contributed by atoms with Gasteiger partial charge < -0.3 is 23.7 Å². The monoisotopic (exact) mass is 376 g/mol. The molecule has 0 saturated carbocycles.